The summed E-state index contributed by atoms with van der Waals surface area (Å²) in [6.45, 7) is 6.25. The molecule has 1 aromatic heterocycles. The van der Waals surface area contributed by atoms with Gasteiger partial charge >= 0.3 is 0 Å². The van der Waals surface area contributed by atoms with Crippen molar-refractivity contribution in [2.45, 2.75) is 25.0 Å². The van der Waals surface area contributed by atoms with Crippen LogP contribution in [0.2, 0.25) is 0 Å². The van der Waals surface area contributed by atoms with Crippen LogP contribution in [0.1, 0.15) is 24.5 Å². The molecule has 0 saturated carbocycles. The number of pyridine rings is 1. The van der Waals surface area contributed by atoms with Gasteiger partial charge in [-0.3, -0.25) is 20.2 Å². The fourth-order valence-electron chi connectivity index (χ4n) is 6.83. The molecule has 8 rings (SSSR count). The third-order valence-corrected chi connectivity index (χ3v) is 8.86. The van der Waals surface area contributed by atoms with Gasteiger partial charge in [0.05, 0.1) is 18.3 Å². The summed E-state index contributed by atoms with van der Waals surface area (Å²) < 4.78 is 5.59. The zero-order chi connectivity index (χ0) is 26.3. The van der Waals surface area contributed by atoms with Gasteiger partial charge in [0.15, 0.2) is 0 Å². The number of methoxy groups -OCH3 is 1. The summed E-state index contributed by atoms with van der Waals surface area (Å²) in [5.74, 6) is 2.00. The fourth-order valence-corrected chi connectivity index (χ4v) is 6.83. The molecule has 4 heterocycles. The highest BCUT2D eigenvalue weighted by Gasteiger charge is 2.43. The highest BCUT2D eigenvalue weighted by atomic mass is 16.7. The van der Waals surface area contributed by atoms with E-state index in [1.807, 2.05) is 18.3 Å². The van der Waals surface area contributed by atoms with Crippen molar-refractivity contribution in [2.24, 2.45) is 11.8 Å². The van der Waals surface area contributed by atoms with Gasteiger partial charge in [0.25, 0.3) is 0 Å². The number of nitrogens with one attached hydrogen (secondary N) is 1. The first-order valence-electron chi connectivity index (χ1n) is 13.8. The zero-order valence-electron chi connectivity index (χ0n) is 22.2. The van der Waals surface area contributed by atoms with Crippen molar-refractivity contribution in [3.05, 3.63) is 103 Å². The normalized spacial score (nSPS) is 23.2. The van der Waals surface area contributed by atoms with Crippen LogP contribution in [-0.4, -0.2) is 36.1 Å². The van der Waals surface area contributed by atoms with Crippen LogP contribution in [0.3, 0.4) is 0 Å². The number of piperidine rings is 3. The largest absolute Gasteiger partial charge is 0.497 e. The van der Waals surface area contributed by atoms with Crippen LogP contribution < -0.4 is 10.2 Å². The molecular weight excluding hydrogens is 482 g/mol. The van der Waals surface area contributed by atoms with E-state index in [4.69, 9.17) is 9.57 Å². The Bertz CT molecular complexity index is 1680. The summed E-state index contributed by atoms with van der Waals surface area (Å²) in [6.07, 6.45) is 6.15. The molecule has 1 N–H and O–H groups in total. The number of anilines is 1. The summed E-state index contributed by atoms with van der Waals surface area (Å²) in [5, 5.41) is 5.86. The van der Waals surface area contributed by atoms with Gasteiger partial charge in [-0.15, -0.1) is 6.58 Å². The second-order valence-corrected chi connectivity index (χ2v) is 10.9. The second-order valence-electron chi connectivity index (χ2n) is 10.9. The Morgan fingerprint density at radius 1 is 0.974 bits per heavy atom. The van der Waals surface area contributed by atoms with Crippen molar-refractivity contribution >= 4 is 38.1 Å². The minimum absolute atomic E-state index is 0.193. The van der Waals surface area contributed by atoms with Crippen LogP contribution in [0.4, 0.5) is 5.69 Å². The molecule has 1 unspecified atom stereocenters. The van der Waals surface area contributed by atoms with Crippen molar-refractivity contribution in [1.29, 1.82) is 0 Å². The summed E-state index contributed by atoms with van der Waals surface area (Å²) >= 11 is 0. The lowest BCUT2D eigenvalue weighted by Gasteiger charge is -2.51. The van der Waals surface area contributed by atoms with Gasteiger partial charge in [0.1, 0.15) is 11.9 Å². The van der Waals surface area contributed by atoms with Crippen molar-refractivity contribution in [3.8, 4) is 5.75 Å². The van der Waals surface area contributed by atoms with Crippen LogP contribution in [0.5, 0.6) is 5.75 Å². The predicted octanol–water partition coefficient (Wildman–Crippen LogP) is 7.53. The van der Waals surface area contributed by atoms with Gasteiger partial charge in [-0.05, 0) is 83.3 Å². The quantitative estimate of drug-likeness (QED) is 0.138. The SMILES string of the molecule is C=C[C@H]1CN2CC[C@H]1C[C@H]2[C@H](ONc1cc2ccccc2c2ccccc12)c1ccnc2ccc(OC)cc12. The van der Waals surface area contributed by atoms with Crippen molar-refractivity contribution < 1.29 is 9.57 Å². The Morgan fingerprint density at radius 2 is 1.79 bits per heavy atom. The van der Waals surface area contributed by atoms with E-state index in [-0.39, 0.29) is 12.1 Å². The molecule has 3 aliphatic rings. The van der Waals surface area contributed by atoms with E-state index in [2.05, 4.69) is 94.7 Å². The molecule has 5 aromatic rings. The van der Waals surface area contributed by atoms with Crippen LogP contribution in [0, 0.1) is 11.8 Å². The van der Waals surface area contributed by atoms with E-state index >= 15 is 0 Å². The molecule has 3 fully saturated rings. The van der Waals surface area contributed by atoms with Gasteiger partial charge < -0.3 is 4.74 Å². The number of nitrogens with zero attached hydrogens (tertiary/aromatic N) is 2. The highest BCUT2D eigenvalue weighted by Crippen LogP contribution is 2.44. The van der Waals surface area contributed by atoms with E-state index in [1.54, 1.807) is 7.11 Å². The molecule has 5 nitrogen and oxygen atoms in total. The molecule has 5 heteroatoms. The maximum atomic E-state index is 6.83. The van der Waals surface area contributed by atoms with E-state index in [0.29, 0.717) is 11.8 Å². The fraction of sp³-hybridized carbons (Fsp3) is 0.265. The number of hydrogen-bond acceptors (Lipinski definition) is 5. The molecule has 4 aromatic carbocycles. The molecule has 0 aliphatic carbocycles. The number of aromatic nitrogens is 1. The molecule has 5 atom stereocenters. The van der Waals surface area contributed by atoms with Crippen molar-refractivity contribution in [3.63, 3.8) is 0 Å². The third-order valence-electron chi connectivity index (χ3n) is 8.86. The molecule has 0 spiro atoms. The first-order valence-corrected chi connectivity index (χ1v) is 13.8. The molecular formula is C34H33N3O2. The lowest BCUT2D eigenvalue weighted by atomic mass is 9.73. The van der Waals surface area contributed by atoms with Gasteiger partial charge in [-0.1, -0.05) is 54.6 Å². The topological polar surface area (TPSA) is 46.6 Å². The monoisotopic (exact) mass is 515 g/mol. The molecule has 0 amide bonds. The minimum atomic E-state index is -0.193. The molecule has 39 heavy (non-hydrogen) atoms. The Labute approximate surface area is 229 Å². The van der Waals surface area contributed by atoms with Crippen LogP contribution in [0.15, 0.2) is 97.7 Å². The van der Waals surface area contributed by atoms with Crippen LogP contribution in [-0.2, 0) is 4.84 Å². The number of benzene rings is 4. The second kappa shape index (κ2) is 9.99. The standard InChI is InChI=1S/C34H33N3O2/c1-3-22-21-37-17-15-23(22)19-33(37)34(29-14-16-35-31-13-12-25(38-2)20-30(29)31)39-36-32-18-24-8-4-5-9-26(24)27-10-6-7-11-28(27)32/h3-14,16,18,20,22-23,33-34,36H,1,15,17,19,21H2,2H3/t22-,23-,33-,34+/m0/s1. The summed E-state index contributed by atoms with van der Waals surface area (Å²) in [7, 11) is 1.71. The number of hydrogen-bond donors (Lipinski definition) is 1. The Kier molecular flexibility index (Phi) is 6.18. The van der Waals surface area contributed by atoms with E-state index in [9.17, 15) is 0 Å². The predicted molar refractivity (Wildman–Crippen MR) is 159 cm³/mol. The average Bonchev–Trinajstić information content (AvgIpc) is 3.01. The van der Waals surface area contributed by atoms with E-state index < -0.39 is 0 Å². The Hall–Kier alpha value is -3.93. The van der Waals surface area contributed by atoms with Gasteiger partial charge in [0.2, 0.25) is 0 Å². The average molecular weight is 516 g/mol. The first kappa shape index (κ1) is 24.1. The van der Waals surface area contributed by atoms with Gasteiger partial charge in [-0.2, -0.15) is 0 Å². The number of ether oxygens (including phenoxy) is 1. The third kappa shape index (κ3) is 4.22. The van der Waals surface area contributed by atoms with Gasteiger partial charge in [0, 0.05) is 29.6 Å². The lowest BCUT2D eigenvalue weighted by Crippen LogP contribution is -2.55. The van der Waals surface area contributed by atoms with Crippen molar-refractivity contribution in [2.75, 3.05) is 25.7 Å². The minimum Gasteiger partial charge on any atom is -0.497 e. The lowest BCUT2D eigenvalue weighted by molar-refractivity contribution is -0.0605. The molecule has 196 valence electrons. The highest BCUT2D eigenvalue weighted by molar-refractivity contribution is 6.12. The Morgan fingerprint density at radius 3 is 2.59 bits per heavy atom. The van der Waals surface area contributed by atoms with Crippen LogP contribution >= 0.6 is 0 Å². The van der Waals surface area contributed by atoms with E-state index in [0.717, 1.165) is 52.8 Å². The van der Waals surface area contributed by atoms with Crippen LogP contribution in [0.25, 0.3) is 32.4 Å². The maximum Gasteiger partial charge on any atom is 0.126 e. The zero-order valence-corrected chi connectivity index (χ0v) is 22.2. The smallest absolute Gasteiger partial charge is 0.126 e. The first-order chi connectivity index (χ1) is 19.2. The summed E-state index contributed by atoms with van der Waals surface area (Å²) in [4.78, 5) is 14.1. The van der Waals surface area contributed by atoms with Crippen molar-refractivity contribution in [1.82, 2.24) is 9.88 Å². The number of rotatable bonds is 7. The maximum absolute atomic E-state index is 6.83. The van der Waals surface area contributed by atoms with E-state index in [1.165, 1.54) is 22.6 Å². The summed E-state index contributed by atoms with van der Waals surface area (Å²) in [6, 6.07) is 27.7. The van der Waals surface area contributed by atoms with Gasteiger partial charge in [-0.25, -0.2) is 0 Å². The molecule has 0 radical (unpaired) electrons. The molecule has 3 saturated heterocycles. The molecule has 3 aliphatic heterocycles. The number of fused-ring (bicyclic) bond motifs is 7. The Balaban J connectivity index is 1.32. The summed E-state index contributed by atoms with van der Waals surface area (Å²) in [5.41, 5.74) is 6.50. The molecule has 2 bridgehead atoms.